The molecule has 0 aromatic heterocycles. The van der Waals surface area contributed by atoms with Crippen molar-refractivity contribution in [3.63, 3.8) is 0 Å². The van der Waals surface area contributed by atoms with E-state index in [1.54, 1.807) is 0 Å². The van der Waals surface area contributed by atoms with E-state index in [9.17, 15) is 4.79 Å². The van der Waals surface area contributed by atoms with Crippen molar-refractivity contribution in [1.29, 1.82) is 0 Å². The topological polar surface area (TPSA) is 46.3 Å². The van der Waals surface area contributed by atoms with Crippen molar-refractivity contribution in [2.75, 3.05) is 13.1 Å². The molecule has 1 amide bonds. The molecule has 1 aliphatic carbocycles. The number of fused-ring (bicyclic) bond motifs is 1. The smallest absolute Gasteiger partial charge is 0.226 e. The summed E-state index contributed by atoms with van der Waals surface area (Å²) in [6, 6.07) is 25.4. The average Bonchev–Trinajstić information content (AvgIpc) is 3.42. The number of hydrogen-bond donors (Lipinski definition) is 1. The number of benzene rings is 3. The summed E-state index contributed by atoms with van der Waals surface area (Å²) in [7, 11) is 0. The number of carbonyl (C=O) groups excluding carboxylic acids is 1. The Morgan fingerprint density at radius 3 is 2.32 bits per heavy atom. The van der Waals surface area contributed by atoms with E-state index in [0.29, 0.717) is 12.5 Å². The largest absolute Gasteiger partial charge is 0.340 e. The van der Waals surface area contributed by atoms with E-state index in [4.69, 9.17) is 5.73 Å². The Labute approximate surface area is 171 Å². The molecule has 3 nitrogen and oxygen atoms in total. The fourth-order valence-corrected chi connectivity index (χ4v) is 4.57. The molecule has 0 bridgehead atoms. The van der Waals surface area contributed by atoms with Crippen molar-refractivity contribution < 1.29 is 4.79 Å². The van der Waals surface area contributed by atoms with E-state index in [-0.39, 0.29) is 36.2 Å². The molecule has 1 saturated heterocycles. The lowest BCUT2D eigenvalue weighted by atomic mass is 9.95. The molecule has 2 N–H and O–H groups in total. The van der Waals surface area contributed by atoms with Crippen molar-refractivity contribution >= 4 is 29.1 Å². The molecule has 28 heavy (non-hydrogen) atoms. The van der Waals surface area contributed by atoms with Crippen LogP contribution in [-0.4, -0.2) is 29.9 Å². The molecule has 2 unspecified atom stereocenters. The van der Waals surface area contributed by atoms with Crippen molar-refractivity contribution in [2.24, 2.45) is 11.7 Å². The number of carbonyl (C=O) groups is 1. The SMILES string of the molecule is Cl.N[C@@H]1CN(C(=O)C2CC2c2ccc3ccccc3c2)C[C@H]1c1ccccc1. The fourth-order valence-electron chi connectivity index (χ4n) is 4.57. The average molecular weight is 393 g/mol. The lowest BCUT2D eigenvalue weighted by molar-refractivity contribution is -0.131. The van der Waals surface area contributed by atoms with E-state index in [0.717, 1.165) is 13.0 Å². The Morgan fingerprint density at radius 2 is 1.54 bits per heavy atom. The second-order valence-corrected chi connectivity index (χ2v) is 7.98. The van der Waals surface area contributed by atoms with E-state index >= 15 is 0 Å². The minimum absolute atomic E-state index is 0. The van der Waals surface area contributed by atoms with Crippen LogP contribution in [0.25, 0.3) is 10.8 Å². The molecule has 2 fully saturated rings. The first-order valence-corrected chi connectivity index (χ1v) is 9.79. The summed E-state index contributed by atoms with van der Waals surface area (Å²) in [5, 5.41) is 2.50. The van der Waals surface area contributed by atoms with Crippen LogP contribution in [0.1, 0.15) is 29.4 Å². The van der Waals surface area contributed by atoms with Gasteiger partial charge in [-0.05, 0) is 34.2 Å². The zero-order valence-electron chi connectivity index (χ0n) is 15.7. The van der Waals surface area contributed by atoms with Gasteiger partial charge in [0.2, 0.25) is 5.91 Å². The summed E-state index contributed by atoms with van der Waals surface area (Å²) in [4.78, 5) is 15.0. The maximum Gasteiger partial charge on any atom is 0.226 e. The second kappa shape index (κ2) is 7.57. The van der Waals surface area contributed by atoms with Gasteiger partial charge in [0.1, 0.15) is 0 Å². The molecular formula is C24H25ClN2O. The monoisotopic (exact) mass is 392 g/mol. The van der Waals surface area contributed by atoms with Gasteiger partial charge in [0.15, 0.2) is 0 Å². The van der Waals surface area contributed by atoms with Gasteiger partial charge >= 0.3 is 0 Å². The number of hydrogen-bond acceptors (Lipinski definition) is 2. The van der Waals surface area contributed by atoms with E-state index in [1.807, 2.05) is 23.1 Å². The maximum absolute atomic E-state index is 13.0. The van der Waals surface area contributed by atoms with Crippen molar-refractivity contribution in [3.05, 3.63) is 83.9 Å². The standard InChI is InChI=1S/C24H24N2O.ClH/c25-23-15-26(14-22(23)17-7-2-1-3-8-17)24(27)21-13-20(21)19-11-10-16-6-4-5-9-18(16)12-19;/h1-12,20-23H,13-15,25H2;1H/t20?,21?,22-,23+;/m0./s1. The summed E-state index contributed by atoms with van der Waals surface area (Å²) in [5.41, 5.74) is 8.90. The number of rotatable bonds is 3. The number of nitrogens with two attached hydrogens (primary N) is 1. The predicted molar refractivity (Wildman–Crippen MR) is 116 cm³/mol. The summed E-state index contributed by atoms with van der Waals surface area (Å²) in [6.07, 6.45) is 0.957. The van der Waals surface area contributed by atoms with Gasteiger partial charge in [0.25, 0.3) is 0 Å². The minimum atomic E-state index is 0. The van der Waals surface area contributed by atoms with Crippen LogP contribution in [0.2, 0.25) is 0 Å². The summed E-state index contributed by atoms with van der Waals surface area (Å²) in [5.74, 6) is 0.997. The molecule has 3 aromatic rings. The van der Waals surface area contributed by atoms with Gasteiger partial charge in [-0.2, -0.15) is 0 Å². The summed E-state index contributed by atoms with van der Waals surface area (Å²) < 4.78 is 0. The predicted octanol–water partition coefficient (Wildman–Crippen LogP) is 4.32. The number of halogens is 1. The highest BCUT2D eigenvalue weighted by molar-refractivity contribution is 5.86. The molecule has 1 heterocycles. The van der Waals surface area contributed by atoms with E-state index in [1.165, 1.54) is 21.9 Å². The highest BCUT2D eigenvalue weighted by atomic mass is 35.5. The lowest BCUT2D eigenvalue weighted by Gasteiger charge is -2.16. The van der Waals surface area contributed by atoms with Crippen LogP contribution in [0.15, 0.2) is 72.8 Å². The van der Waals surface area contributed by atoms with Crippen molar-refractivity contribution in [1.82, 2.24) is 4.90 Å². The summed E-state index contributed by atoms with van der Waals surface area (Å²) in [6.45, 7) is 1.41. The third-order valence-electron chi connectivity index (χ3n) is 6.21. The van der Waals surface area contributed by atoms with Gasteiger partial charge in [0.05, 0.1) is 0 Å². The van der Waals surface area contributed by atoms with Crippen LogP contribution in [0.4, 0.5) is 0 Å². The van der Waals surface area contributed by atoms with Gasteiger partial charge in [-0.1, -0.05) is 72.8 Å². The Bertz CT molecular complexity index is 990. The molecule has 144 valence electrons. The Hall–Kier alpha value is -2.36. The van der Waals surface area contributed by atoms with Crippen LogP contribution in [-0.2, 0) is 4.79 Å². The molecule has 4 atom stereocenters. The normalized spacial score (nSPS) is 26.1. The minimum Gasteiger partial charge on any atom is -0.340 e. The van der Waals surface area contributed by atoms with Crippen LogP contribution in [0.3, 0.4) is 0 Å². The summed E-state index contributed by atoms with van der Waals surface area (Å²) >= 11 is 0. The molecule has 5 rings (SSSR count). The third-order valence-corrected chi connectivity index (χ3v) is 6.21. The van der Waals surface area contributed by atoms with E-state index < -0.39 is 0 Å². The highest BCUT2D eigenvalue weighted by Gasteiger charge is 2.47. The maximum atomic E-state index is 13.0. The van der Waals surface area contributed by atoms with Gasteiger partial charge in [-0.3, -0.25) is 4.79 Å². The molecule has 0 radical (unpaired) electrons. The van der Waals surface area contributed by atoms with Crippen LogP contribution in [0, 0.1) is 5.92 Å². The van der Waals surface area contributed by atoms with E-state index in [2.05, 4.69) is 54.6 Å². The first-order valence-electron chi connectivity index (χ1n) is 9.79. The second-order valence-electron chi connectivity index (χ2n) is 7.98. The number of amides is 1. The van der Waals surface area contributed by atoms with Gasteiger partial charge in [0, 0.05) is 31.0 Å². The first kappa shape index (κ1) is 19.0. The molecule has 1 aliphatic heterocycles. The van der Waals surface area contributed by atoms with Crippen LogP contribution in [0.5, 0.6) is 0 Å². The third kappa shape index (κ3) is 3.41. The molecule has 2 aliphatic rings. The Morgan fingerprint density at radius 1 is 0.821 bits per heavy atom. The van der Waals surface area contributed by atoms with Gasteiger partial charge in [-0.25, -0.2) is 0 Å². The molecule has 3 aromatic carbocycles. The quantitative estimate of drug-likeness (QED) is 0.721. The van der Waals surface area contributed by atoms with Gasteiger partial charge in [-0.15, -0.1) is 12.4 Å². The van der Waals surface area contributed by atoms with Gasteiger partial charge < -0.3 is 10.6 Å². The Kier molecular flexibility index (Phi) is 5.13. The lowest BCUT2D eigenvalue weighted by Crippen LogP contribution is -2.33. The van der Waals surface area contributed by atoms with Crippen LogP contribution >= 0.6 is 12.4 Å². The zero-order chi connectivity index (χ0) is 18.4. The van der Waals surface area contributed by atoms with Crippen molar-refractivity contribution in [3.8, 4) is 0 Å². The molecule has 4 heteroatoms. The number of nitrogens with zero attached hydrogens (tertiary/aromatic N) is 1. The van der Waals surface area contributed by atoms with Crippen LogP contribution < -0.4 is 5.73 Å². The zero-order valence-corrected chi connectivity index (χ0v) is 16.5. The number of likely N-dealkylation sites (tertiary alicyclic amines) is 1. The fraction of sp³-hybridized carbons (Fsp3) is 0.292. The Balaban J connectivity index is 0.00000192. The molecular weight excluding hydrogens is 368 g/mol. The molecule has 1 saturated carbocycles. The van der Waals surface area contributed by atoms with Crippen molar-refractivity contribution in [2.45, 2.75) is 24.3 Å². The highest BCUT2D eigenvalue weighted by Crippen LogP contribution is 2.49. The molecule has 0 spiro atoms. The first-order chi connectivity index (χ1) is 13.2.